The molecule has 0 unspecified atom stereocenters. The lowest BCUT2D eigenvalue weighted by molar-refractivity contribution is -0.142. The van der Waals surface area contributed by atoms with Gasteiger partial charge in [-0.1, -0.05) is 0 Å². The number of rotatable bonds is 6. The van der Waals surface area contributed by atoms with Gasteiger partial charge in [0.15, 0.2) is 9.84 Å². The SMILES string of the molecule is COc1ccc(S(C)(=O)=O)cc1S(=O)(=O)NC1CCC(C(=O)O)CC1. The van der Waals surface area contributed by atoms with E-state index >= 15 is 0 Å². The Hall–Kier alpha value is -1.65. The van der Waals surface area contributed by atoms with E-state index in [4.69, 9.17) is 9.84 Å². The van der Waals surface area contributed by atoms with E-state index in [-0.39, 0.29) is 15.5 Å². The van der Waals surface area contributed by atoms with E-state index in [0.29, 0.717) is 25.7 Å². The lowest BCUT2D eigenvalue weighted by Crippen LogP contribution is -2.38. The number of carboxylic acids is 1. The van der Waals surface area contributed by atoms with Gasteiger partial charge in [0.1, 0.15) is 10.6 Å². The summed E-state index contributed by atoms with van der Waals surface area (Å²) in [6.07, 6.45) is 2.59. The molecule has 1 aliphatic rings. The summed E-state index contributed by atoms with van der Waals surface area (Å²) in [5, 5.41) is 9.00. The number of benzene rings is 1. The molecule has 1 aromatic carbocycles. The number of ether oxygens (including phenoxy) is 1. The van der Waals surface area contributed by atoms with Crippen molar-refractivity contribution < 1.29 is 31.5 Å². The Labute approximate surface area is 147 Å². The van der Waals surface area contributed by atoms with Gasteiger partial charge < -0.3 is 9.84 Å². The number of hydrogen-bond donors (Lipinski definition) is 2. The number of carboxylic acid groups (broad SMARTS) is 1. The standard InChI is InChI=1S/C15H21NO7S2/c1-23-13-8-7-12(24(2,19)20)9-14(13)25(21,22)16-11-5-3-10(4-6-11)15(17)18/h7-11,16H,3-6H2,1-2H3,(H,17,18). The van der Waals surface area contributed by atoms with Crippen molar-refractivity contribution in [3.63, 3.8) is 0 Å². The van der Waals surface area contributed by atoms with Crippen molar-refractivity contribution in [2.45, 2.75) is 41.5 Å². The molecule has 0 spiro atoms. The lowest BCUT2D eigenvalue weighted by Gasteiger charge is -2.26. The van der Waals surface area contributed by atoms with E-state index in [0.717, 1.165) is 12.3 Å². The van der Waals surface area contributed by atoms with Crippen LogP contribution in [0.4, 0.5) is 0 Å². The van der Waals surface area contributed by atoms with Crippen LogP contribution in [0.1, 0.15) is 25.7 Å². The van der Waals surface area contributed by atoms with Crippen molar-refractivity contribution in [3.8, 4) is 5.75 Å². The molecule has 0 aliphatic heterocycles. The van der Waals surface area contributed by atoms with E-state index in [2.05, 4.69) is 4.72 Å². The van der Waals surface area contributed by atoms with E-state index in [1.807, 2.05) is 0 Å². The van der Waals surface area contributed by atoms with Gasteiger partial charge in [0.05, 0.1) is 17.9 Å². The molecular formula is C15H21NO7S2. The molecule has 1 saturated carbocycles. The number of sulfonamides is 1. The Balaban J connectivity index is 2.26. The van der Waals surface area contributed by atoms with Crippen LogP contribution in [0.3, 0.4) is 0 Å². The Morgan fingerprint density at radius 3 is 2.24 bits per heavy atom. The number of methoxy groups -OCH3 is 1. The highest BCUT2D eigenvalue weighted by molar-refractivity contribution is 7.91. The van der Waals surface area contributed by atoms with Crippen molar-refractivity contribution in [1.29, 1.82) is 0 Å². The van der Waals surface area contributed by atoms with Gasteiger partial charge in [-0.25, -0.2) is 21.6 Å². The molecule has 25 heavy (non-hydrogen) atoms. The average molecular weight is 391 g/mol. The maximum atomic E-state index is 12.7. The quantitative estimate of drug-likeness (QED) is 0.741. The predicted octanol–water partition coefficient (Wildman–Crippen LogP) is 1.02. The average Bonchev–Trinajstić information content (AvgIpc) is 2.53. The fraction of sp³-hybridized carbons (Fsp3) is 0.533. The number of carbonyl (C=O) groups is 1. The number of hydrogen-bond acceptors (Lipinski definition) is 6. The van der Waals surface area contributed by atoms with Gasteiger partial charge in [0.25, 0.3) is 0 Å². The van der Waals surface area contributed by atoms with Crippen LogP contribution >= 0.6 is 0 Å². The van der Waals surface area contributed by atoms with Crippen LogP contribution in [0.2, 0.25) is 0 Å². The van der Waals surface area contributed by atoms with Gasteiger partial charge in [-0.2, -0.15) is 0 Å². The summed E-state index contributed by atoms with van der Waals surface area (Å²) in [6.45, 7) is 0. The minimum Gasteiger partial charge on any atom is -0.495 e. The molecule has 8 nitrogen and oxygen atoms in total. The van der Waals surface area contributed by atoms with Crippen LogP contribution in [0, 0.1) is 5.92 Å². The number of aliphatic carboxylic acids is 1. The zero-order valence-electron chi connectivity index (χ0n) is 13.9. The third-order valence-corrected chi connectivity index (χ3v) is 6.90. The first-order valence-corrected chi connectivity index (χ1v) is 11.1. The van der Waals surface area contributed by atoms with Crippen molar-refractivity contribution in [1.82, 2.24) is 4.72 Å². The van der Waals surface area contributed by atoms with Crippen LogP contribution in [0.5, 0.6) is 5.75 Å². The van der Waals surface area contributed by atoms with E-state index < -0.39 is 37.8 Å². The minimum atomic E-state index is -4.01. The van der Waals surface area contributed by atoms with E-state index in [9.17, 15) is 21.6 Å². The molecule has 2 rings (SSSR count). The first-order valence-electron chi connectivity index (χ1n) is 7.68. The summed E-state index contributed by atoms with van der Waals surface area (Å²) in [5.41, 5.74) is 0. The fourth-order valence-electron chi connectivity index (χ4n) is 2.84. The van der Waals surface area contributed by atoms with Gasteiger partial charge in [0, 0.05) is 12.3 Å². The highest BCUT2D eigenvalue weighted by atomic mass is 32.2. The molecule has 0 heterocycles. The van der Waals surface area contributed by atoms with Crippen molar-refractivity contribution in [2.75, 3.05) is 13.4 Å². The van der Waals surface area contributed by atoms with Crippen LogP contribution in [-0.2, 0) is 24.7 Å². The molecule has 0 radical (unpaired) electrons. The molecule has 10 heteroatoms. The van der Waals surface area contributed by atoms with Crippen LogP contribution < -0.4 is 9.46 Å². The fourth-order valence-corrected chi connectivity index (χ4v) is 5.06. The summed E-state index contributed by atoms with van der Waals surface area (Å²) in [5.74, 6) is -1.29. The first kappa shape index (κ1) is 19.7. The Bertz CT molecular complexity index is 854. The van der Waals surface area contributed by atoms with E-state index in [1.54, 1.807) is 0 Å². The lowest BCUT2D eigenvalue weighted by atomic mass is 9.87. The van der Waals surface area contributed by atoms with Crippen LogP contribution in [0.15, 0.2) is 28.0 Å². The summed E-state index contributed by atoms with van der Waals surface area (Å²) >= 11 is 0. The molecule has 1 aromatic rings. The van der Waals surface area contributed by atoms with Crippen molar-refractivity contribution in [3.05, 3.63) is 18.2 Å². The third kappa shape index (κ3) is 4.71. The number of nitrogens with one attached hydrogen (secondary N) is 1. The molecule has 0 bridgehead atoms. The van der Waals surface area contributed by atoms with Gasteiger partial charge >= 0.3 is 5.97 Å². The highest BCUT2D eigenvalue weighted by Crippen LogP contribution is 2.29. The van der Waals surface area contributed by atoms with Crippen molar-refractivity contribution >= 4 is 25.8 Å². The monoisotopic (exact) mass is 391 g/mol. The second-order valence-corrected chi connectivity index (χ2v) is 9.79. The topological polar surface area (TPSA) is 127 Å². The molecule has 2 N–H and O–H groups in total. The van der Waals surface area contributed by atoms with Gasteiger partial charge in [-0.15, -0.1) is 0 Å². The molecular weight excluding hydrogens is 370 g/mol. The Morgan fingerprint density at radius 2 is 1.76 bits per heavy atom. The Kier molecular flexibility index (Phi) is 5.75. The maximum Gasteiger partial charge on any atom is 0.306 e. The molecule has 0 aromatic heterocycles. The van der Waals surface area contributed by atoms with E-state index in [1.165, 1.54) is 19.2 Å². The number of sulfone groups is 1. The minimum absolute atomic E-state index is 0.0409. The Morgan fingerprint density at radius 1 is 1.16 bits per heavy atom. The summed E-state index contributed by atoms with van der Waals surface area (Å²) < 4.78 is 56.3. The van der Waals surface area contributed by atoms with Gasteiger partial charge in [-0.05, 0) is 43.9 Å². The van der Waals surface area contributed by atoms with Crippen molar-refractivity contribution in [2.24, 2.45) is 5.92 Å². The predicted molar refractivity (Wildman–Crippen MR) is 89.8 cm³/mol. The van der Waals surface area contributed by atoms with Crippen LogP contribution in [-0.4, -0.2) is 47.3 Å². The van der Waals surface area contributed by atoms with Gasteiger partial charge in [-0.3, -0.25) is 4.79 Å². The summed E-state index contributed by atoms with van der Waals surface area (Å²) in [4.78, 5) is 10.6. The summed E-state index contributed by atoms with van der Waals surface area (Å²) in [7, 11) is -6.29. The zero-order chi connectivity index (χ0) is 18.8. The largest absolute Gasteiger partial charge is 0.495 e. The molecule has 1 fully saturated rings. The molecule has 0 atom stereocenters. The first-order chi connectivity index (χ1) is 11.5. The molecule has 140 valence electrons. The smallest absolute Gasteiger partial charge is 0.306 e. The molecule has 1 aliphatic carbocycles. The summed E-state index contributed by atoms with van der Waals surface area (Å²) in [6, 6.07) is 3.25. The highest BCUT2D eigenvalue weighted by Gasteiger charge is 2.30. The normalized spacial score (nSPS) is 21.7. The van der Waals surface area contributed by atoms with Gasteiger partial charge in [0.2, 0.25) is 10.0 Å². The maximum absolute atomic E-state index is 12.7. The molecule has 0 saturated heterocycles. The van der Waals surface area contributed by atoms with Crippen LogP contribution in [0.25, 0.3) is 0 Å². The zero-order valence-corrected chi connectivity index (χ0v) is 15.6. The third-order valence-electron chi connectivity index (χ3n) is 4.25. The molecule has 0 amide bonds. The second kappa shape index (κ2) is 7.30. The second-order valence-electron chi connectivity index (χ2n) is 6.09.